The molecule has 2 aromatic rings. The fourth-order valence-electron chi connectivity index (χ4n) is 1.91. The van der Waals surface area contributed by atoms with Crippen LogP contribution in [0.3, 0.4) is 0 Å². The number of aromatic nitrogens is 2. The molecule has 1 saturated carbocycles. The first kappa shape index (κ1) is 10.6. The van der Waals surface area contributed by atoms with E-state index in [-0.39, 0.29) is 0 Å². The first-order valence-electron chi connectivity index (χ1n) is 5.24. The number of pyridine rings is 1. The second kappa shape index (κ2) is 3.01. The Labute approximate surface area is 95.1 Å². The summed E-state index contributed by atoms with van der Waals surface area (Å²) in [4.78, 5) is 4.06. The van der Waals surface area contributed by atoms with Gasteiger partial charge in [-0.3, -0.25) is 0 Å². The Morgan fingerprint density at radius 2 is 2.00 bits per heavy atom. The van der Waals surface area contributed by atoms with Crippen LogP contribution in [-0.4, -0.2) is 9.38 Å². The van der Waals surface area contributed by atoms with Gasteiger partial charge in [-0.1, -0.05) is 0 Å². The molecule has 1 aliphatic rings. The highest BCUT2D eigenvalue weighted by molar-refractivity contribution is 5.44. The monoisotopic (exact) mass is 241 g/mol. The van der Waals surface area contributed by atoms with E-state index in [4.69, 9.17) is 5.73 Å². The summed E-state index contributed by atoms with van der Waals surface area (Å²) >= 11 is 0. The van der Waals surface area contributed by atoms with E-state index in [9.17, 15) is 13.2 Å². The highest BCUT2D eigenvalue weighted by Crippen LogP contribution is 2.43. The molecule has 3 nitrogen and oxygen atoms in total. The molecule has 17 heavy (non-hydrogen) atoms. The van der Waals surface area contributed by atoms with Crippen molar-refractivity contribution in [1.29, 1.82) is 0 Å². The van der Waals surface area contributed by atoms with Crippen LogP contribution in [0.5, 0.6) is 0 Å². The SMILES string of the molecule is NC1(c2cnc3ccc(C(F)(F)F)cn23)CC1. The molecular weight excluding hydrogens is 231 g/mol. The van der Waals surface area contributed by atoms with Crippen molar-refractivity contribution in [1.82, 2.24) is 9.38 Å². The normalized spacial score (nSPS) is 18.6. The Bertz CT molecular complexity index is 581. The van der Waals surface area contributed by atoms with Gasteiger partial charge >= 0.3 is 6.18 Å². The average molecular weight is 241 g/mol. The van der Waals surface area contributed by atoms with Crippen molar-refractivity contribution in [3.63, 3.8) is 0 Å². The van der Waals surface area contributed by atoms with E-state index in [2.05, 4.69) is 4.98 Å². The van der Waals surface area contributed by atoms with Gasteiger partial charge in [0.25, 0.3) is 0 Å². The summed E-state index contributed by atoms with van der Waals surface area (Å²) in [5.41, 5.74) is 5.95. The molecule has 0 aromatic carbocycles. The van der Waals surface area contributed by atoms with Crippen molar-refractivity contribution in [2.45, 2.75) is 24.6 Å². The Hall–Kier alpha value is -1.56. The molecule has 1 fully saturated rings. The third kappa shape index (κ3) is 1.59. The van der Waals surface area contributed by atoms with Crippen LogP contribution in [0.1, 0.15) is 24.1 Å². The lowest BCUT2D eigenvalue weighted by atomic mass is 10.2. The molecule has 0 saturated heterocycles. The molecule has 0 bridgehead atoms. The molecule has 0 aliphatic heterocycles. The quantitative estimate of drug-likeness (QED) is 0.832. The molecule has 0 spiro atoms. The molecule has 2 heterocycles. The van der Waals surface area contributed by atoms with Crippen molar-refractivity contribution < 1.29 is 13.2 Å². The molecule has 0 atom stereocenters. The highest BCUT2D eigenvalue weighted by Gasteiger charge is 2.43. The van der Waals surface area contributed by atoms with Gasteiger partial charge in [-0.15, -0.1) is 0 Å². The third-order valence-electron chi connectivity index (χ3n) is 3.13. The van der Waals surface area contributed by atoms with Gasteiger partial charge in [0, 0.05) is 6.20 Å². The molecule has 6 heteroatoms. The van der Waals surface area contributed by atoms with Crippen LogP contribution in [0, 0.1) is 0 Å². The molecule has 0 unspecified atom stereocenters. The summed E-state index contributed by atoms with van der Waals surface area (Å²) in [5, 5.41) is 0. The van der Waals surface area contributed by atoms with Crippen LogP contribution >= 0.6 is 0 Å². The van der Waals surface area contributed by atoms with E-state index in [1.807, 2.05) is 0 Å². The number of nitrogens with two attached hydrogens (primary N) is 1. The molecule has 2 N–H and O–H groups in total. The number of fused-ring (bicyclic) bond motifs is 1. The Morgan fingerprint density at radius 1 is 1.29 bits per heavy atom. The molecule has 2 aromatic heterocycles. The zero-order chi connectivity index (χ0) is 12.3. The third-order valence-corrected chi connectivity index (χ3v) is 3.13. The van der Waals surface area contributed by atoms with Crippen molar-refractivity contribution in [2.75, 3.05) is 0 Å². The first-order chi connectivity index (χ1) is 7.90. The van der Waals surface area contributed by atoms with Crippen LogP contribution in [-0.2, 0) is 11.7 Å². The molecule has 90 valence electrons. The first-order valence-corrected chi connectivity index (χ1v) is 5.24. The smallest absolute Gasteiger partial charge is 0.320 e. The summed E-state index contributed by atoms with van der Waals surface area (Å²) < 4.78 is 39.2. The van der Waals surface area contributed by atoms with E-state index in [1.165, 1.54) is 10.5 Å². The lowest BCUT2D eigenvalue weighted by Gasteiger charge is -2.11. The number of rotatable bonds is 1. The van der Waals surface area contributed by atoms with Crippen LogP contribution < -0.4 is 5.73 Å². The minimum Gasteiger partial charge on any atom is -0.320 e. The number of hydrogen-bond donors (Lipinski definition) is 1. The summed E-state index contributed by atoms with van der Waals surface area (Å²) in [6.07, 6.45) is -0.151. The van der Waals surface area contributed by atoms with Crippen molar-refractivity contribution >= 4 is 5.65 Å². The van der Waals surface area contributed by atoms with Crippen LogP contribution in [0.4, 0.5) is 13.2 Å². The van der Waals surface area contributed by atoms with Gasteiger partial charge in [-0.05, 0) is 25.0 Å². The number of imidazole rings is 1. The number of nitrogens with zero attached hydrogens (tertiary/aromatic N) is 2. The lowest BCUT2D eigenvalue weighted by molar-refractivity contribution is -0.137. The van der Waals surface area contributed by atoms with E-state index >= 15 is 0 Å². The number of halogens is 3. The molecule has 3 rings (SSSR count). The predicted octanol–water partition coefficient (Wildman–Crippen LogP) is 2.30. The van der Waals surface area contributed by atoms with E-state index < -0.39 is 17.3 Å². The highest BCUT2D eigenvalue weighted by atomic mass is 19.4. The minimum absolute atomic E-state index is 0.490. The summed E-state index contributed by atoms with van der Waals surface area (Å²) in [7, 11) is 0. The largest absolute Gasteiger partial charge is 0.417 e. The van der Waals surface area contributed by atoms with E-state index in [1.54, 1.807) is 6.20 Å². The van der Waals surface area contributed by atoms with Gasteiger partial charge in [-0.25, -0.2) is 4.98 Å². The maximum absolute atomic E-state index is 12.6. The molecule has 0 radical (unpaired) electrons. The van der Waals surface area contributed by atoms with Gasteiger partial charge in [0.15, 0.2) is 0 Å². The van der Waals surface area contributed by atoms with Gasteiger partial charge in [0.1, 0.15) is 5.65 Å². The van der Waals surface area contributed by atoms with Crippen LogP contribution in [0.25, 0.3) is 5.65 Å². The fourth-order valence-corrected chi connectivity index (χ4v) is 1.91. The zero-order valence-corrected chi connectivity index (χ0v) is 8.83. The van der Waals surface area contributed by atoms with Gasteiger partial charge < -0.3 is 10.1 Å². The van der Waals surface area contributed by atoms with Gasteiger partial charge in [0.2, 0.25) is 0 Å². The van der Waals surface area contributed by atoms with Gasteiger partial charge in [-0.2, -0.15) is 13.2 Å². The molecular formula is C11H10F3N3. The number of hydrogen-bond acceptors (Lipinski definition) is 2. The Balaban J connectivity index is 2.20. The number of alkyl halides is 3. The summed E-state index contributed by atoms with van der Waals surface area (Å²) in [5.74, 6) is 0. The topological polar surface area (TPSA) is 43.3 Å². The second-order valence-electron chi connectivity index (χ2n) is 4.44. The zero-order valence-electron chi connectivity index (χ0n) is 8.83. The average Bonchev–Trinajstić information content (AvgIpc) is 2.85. The van der Waals surface area contributed by atoms with Crippen molar-refractivity contribution in [2.24, 2.45) is 5.73 Å². The van der Waals surface area contributed by atoms with Gasteiger partial charge in [0.05, 0.1) is 23.0 Å². The predicted molar refractivity (Wildman–Crippen MR) is 55.3 cm³/mol. The minimum atomic E-state index is -4.35. The maximum Gasteiger partial charge on any atom is 0.417 e. The lowest BCUT2D eigenvalue weighted by Crippen LogP contribution is -2.21. The van der Waals surface area contributed by atoms with Crippen molar-refractivity contribution in [3.8, 4) is 0 Å². The van der Waals surface area contributed by atoms with Crippen LogP contribution in [0.15, 0.2) is 24.5 Å². The Morgan fingerprint density at radius 3 is 2.59 bits per heavy atom. The standard InChI is InChI=1S/C11H10F3N3/c12-11(13,14)7-1-2-9-16-5-8(17(9)6-7)10(15)3-4-10/h1-2,5-6H,3-4,15H2. The molecule has 1 aliphatic carbocycles. The van der Waals surface area contributed by atoms with Crippen molar-refractivity contribution in [3.05, 3.63) is 35.8 Å². The van der Waals surface area contributed by atoms with Crippen LogP contribution in [0.2, 0.25) is 0 Å². The summed E-state index contributed by atoms with van der Waals surface area (Å²) in [6, 6.07) is 2.39. The molecule has 0 amide bonds. The fraction of sp³-hybridized carbons (Fsp3) is 0.364. The maximum atomic E-state index is 12.6. The van der Waals surface area contributed by atoms with E-state index in [0.29, 0.717) is 11.3 Å². The summed E-state index contributed by atoms with van der Waals surface area (Å²) in [6.45, 7) is 0. The van der Waals surface area contributed by atoms with E-state index in [0.717, 1.165) is 25.1 Å². The Kier molecular flexibility index (Phi) is 1.87. The second-order valence-corrected chi connectivity index (χ2v) is 4.44.